The van der Waals surface area contributed by atoms with E-state index in [-0.39, 0.29) is 48.3 Å². The number of benzene rings is 1. The zero-order valence-corrected chi connectivity index (χ0v) is 20.4. The average Bonchev–Trinajstić information content (AvgIpc) is 2.84. The number of nitrogens with zero attached hydrogens (tertiary/aromatic N) is 3. The molecule has 4 N–H and O–H groups in total. The highest BCUT2D eigenvalue weighted by Gasteiger charge is 2.37. The Balaban J connectivity index is 1.83. The summed E-state index contributed by atoms with van der Waals surface area (Å²) in [5.41, 5.74) is 6.00. The maximum Gasteiger partial charge on any atom is 0.433 e. The minimum atomic E-state index is -4.63. The van der Waals surface area contributed by atoms with Crippen LogP contribution in [0.2, 0.25) is 0 Å². The third-order valence-electron chi connectivity index (χ3n) is 6.14. The summed E-state index contributed by atoms with van der Waals surface area (Å²) in [5, 5.41) is 11.0. The molecule has 196 valence electrons. The number of hydrogen-bond donors (Lipinski definition) is 3. The lowest BCUT2D eigenvalue weighted by Crippen LogP contribution is -2.42. The number of ether oxygens (including phenoxy) is 1. The van der Waals surface area contributed by atoms with Gasteiger partial charge in [0.25, 0.3) is 5.91 Å². The summed E-state index contributed by atoms with van der Waals surface area (Å²) in [4.78, 5) is 23.1. The third-order valence-corrected chi connectivity index (χ3v) is 6.14. The van der Waals surface area contributed by atoms with Gasteiger partial charge in [-0.1, -0.05) is 19.9 Å². The van der Waals surface area contributed by atoms with E-state index in [0.29, 0.717) is 22.2 Å². The Morgan fingerprint density at radius 1 is 1.32 bits per heavy atom. The first-order valence-electron chi connectivity index (χ1n) is 11.5. The molecule has 0 saturated carbocycles. The molecule has 1 aliphatic heterocycles. The van der Waals surface area contributed by atoms with Crippen molar-refractivity contribution in [2.24, 2.45) is 5.92 Å². The summed E-state index contributed by atoms with van der Waals surface area (Å²) in [6.45, 7) is 3.80. The van der Waals surface area contributed by atoms with Crippen LogP contribution in [0.25, 0.3) is 10.9 Å². The van der Waals surface area contributed by atoms with Crippen molar-refractivity contribution < 1.29 is 27.1 Å². The number of fused-ring (bicyclic) bond motifs is 2. The first-order valence-corrected chi connectivity index (χ1v) is 11.5. The topological polar surface area (TPSA) is 117 Å². The zero-order valence-electron chi connectivity index (χ0n) is 20.4. The van der Waals surface area contributed by atoms with Crippen LogP contribution in [0.5, 0.6) is 0 Å². The van der Waals surface area contributed by atoms with Crippen LogP contribution in [0, 0.1) is 17.1 Å². The second-order valence-electron chi connectivity index (χ2n) is 9.14. The zero-order chi connectivity index (χ0) is 27.1. The van der Waals surface area contributed by atoms with Crippen LogP contribution < -0.4 is 11.1 Å². The standard InChI is InChI=1S/C25H26F4N6O2/c1-12(2)9-35(20-11-37-10-19-13(20)4-5-21(33-19)25(27,28)29)24(36)15-6-14-16(8-30)22(32-3)23(31)34-18(14)7-17(15)26/h4-8,12,20,30,32H,9-11H2,1-3H3,(H2,31,34)/t20-/m0/s1. The average molecular weight is 519 g/mol. The van der Waals surface area contributed by atoms with Crippen LogP contribution in [0.1, 0.15) is 52.8 Å². The second kappa shape index (κ2) is 9.92. The number of carbonyl (C=O) groups is 1. The van der Waals surface area contributed by atoms with Gasteiger partial charge in [-0.05, 0) is 18.1 Å². The van der Waals surface area contributed by atoms with Crippen molar-refractivity contribution in [1.29, 1.82) is 5.41 Å². The van der Waals surface area contributed by atoms with Gasteiger partial charge in [-0.2, -0.15) is 13.2 Å². The van der Waals surface area contributed by atoms with Crippen LogP contribution in [0.3, 0.4) is 0 Å². The van der Waals surface area contributed by atoms with Crippen molar-refractivity contribution in [3.63, 3.8) is 0 Å². The van der Waals surface area contributed by atoms with Gasteiger partial charge in [-0.25, -0.2) is 14.4 Å². The smallest absolute Gasteiger partial charge is 0.385 e. The number of nitrogens with two attached hydrogens (primary N) is 1. The summed E-state index contributed by atoms with van der Waals surface area (Å²) in [6, 6.07) is 3.81. The van der Waals surface area contributed by atoms with Crippen molar-refractivity contribution in [1.82, 2.24) is 14.9 Å². The van der Waals surface area contributed by atoms with Crippen LogP contribution in [-0.2, 0) is 17.5 Å². The number of nitrogens with one attached hydrogen (secondary N) is 2. The molecule has 2 aromatic heterocycles. The number of halogens is 4. The van der Waals surface area contributed by atoms with E-state index in [9.17, 15) is 18.0 Å². The Labute approximate surface area is 210 Å². The largest absolute Gasteiger partial charge is 0.433 e. The molecular formula is C25H26F4N6O2. The molecular weight excluding hydrogens is 492 g/mol. The number of amides is 1. The number of rotatable bonds is 6. The molecule has 1 aromatic carbocycles. The normalized spacial score (nSPS) is 15.5. The van der Waals surface area contributed by atoms with Crippen LogP contribution in [0.4, 0.5) is 29.1 Å². The molecule has 0 spiro atoms. The van der Waals surface area contributed by atoms with Gasteiger partial charge in [0.15, 0.2) is 0 Å². The molecule has 0 saturated heterocycles. The summed E-state index contributed by atoms with van der Waals surface area (Å²) in [7, 11) is 1.60. The summed E-state index contributed by atoms with van der Waals surface area (Å²) < 4.78 is 60.4. The maximum atomic E-state index is 15.3. The number of hydrogen-bond acceptors (Lipinski definition) is 7. The van der Waals surface area contributed by atoms with Gasteiger partial charge in [0.05, 0.1) is 41.7 Å². The van der Waals surface area contributed by atoms with E-state index >= 15 is 4.39 Å². The van der Waals surface area contributed by atoms with E-state index in [0.717, 1.165) is 18.3 Å². The Morgan fingerprint density at radius 3 is 2.68 bits per heavy atom. The fourth-order valence-electron chi connectivity index (χ4n) is 4.51. The van der Waals surface area contributed by atoms with Gasteiger partial charge in [0.1, 0.15) is 17.3 Å². The van der Waals surface area contributed by atoms with E-state index < -0.39 is 29.6 Å². The molecule has 0 fully saturated rings. The minimum absolute atomic E-state index is 0.0153. The van der Waals surface area contributed by atoms with Crippen molar-refractivity contribution in [3.05, 3.63) is 58.2 Å². The highest BCUT2D eigenvalue weighted by Crippen LogP contribution is 2.36. The van der Waals surface area contributed by atoms with Gasteiger partial charge >= 0.3 is 6.18 Å². The fourth-order valence-corrected chi connectivity index (χ4v) is 4.51. The number of alkyl halides is 3. The molecule has 0 unspecified atom stereocenters. The van der Waals surface area contributed by atoms with Crippen molar-refractivity contribution >= 4 is 34.5 Å². The highest BCUT2D eigenvalue weighted by molar-refractivity contribution is 6.08. The molecule has 12 heteroatoms. The molecule has 3 aromatic rings. The quantitative estimate of drug-likeness (QED) is 0.319. The van der Waals surface area contributed by atoms with Crippen molar-refractivity contribution in [2.75, 3.05) is 31.2 Å². The lowest BCUT2D eigenvalue weighted by atomic mass is 9.98. The van der Waals surface area contributed by atoms with E-state index in [1.165, 1.54) is 17.0 Å². The number of carbonyl (C=O) groups excluding carboxylic acids is 1. The summed E-state index contributed by atoms with van der Waals surface area (Å²) in [6.07, 6.45) is -3.58. The van der Waals surface area contributed by atoms with Gasteiger partial charge in [0, 0.05) is 42.4 Å². The number of pyridine rings is 2. The van der Waals surface area contributed by atoms with Crippen molar-refractivity contribution in [2.45, 2.75) is 32.7 Å². The molecule has 0 bridgehead atoms. The Hall–Kier alpha value is -3.80. The Morgan fingerprint density at radius 2 is 2.05 bits per heavy atom. The predicted octanol–water partition coefficient (Wildman–Crippen LogP) is 4.78. The van der Waals surface area contributed by atoms with E-state index in [2.05, 4.69) is 15.3 Å². The molecule has 3 heterocycles. The summed E-state index contributed by atoms with van der Waals surface area (Å²) in [5.74, 6) is -1.48. The van der Waals surface area contributed by atoms with E-state index in [1.807, 2.05) is 13.8 Å². The monoisotopic (exact) mass is 518 g/mol. The number of aromatic nitrogens is 2. The lowest BCUT2D eigenvalue weighted by Gasteiger charge is -2.36. The van der Waals surface area contributed by atoms with E-state index in [1.54, 1.807) is 7.05 Å². The predicted molar refractivity (Wildman–Crippen MR) is 131 cm³/mol. The fraction of sp³-hybridized carbons (Fsp3) is 0.360. The molecule has 1 amide bonds. The first kappa shape index (κ1) is 26.3. The first-order chi connectivity index (χ1) is 17.5. The lowest BCUT2D eigenvalue weighted by molar-refractivity contribution is -0.141. The van der Waals surface area contributed by atoms with Gasteiger partial charge in [-0.15, -0.1) is 0 Å². The second-order valence-corrected chi connectivity index (χ2v) is 9.14. The van der Waals surface area contributed by atoms with Gasteiger partial charge in [-0.3, -0.25) is 4.79 Å². The van der Waals surface area contributed by atoms with Crippen molar-refractivity contribution in [3.8, 4) is 0 Å². The third kappa shape index (κ3) is 4.93. The summed E-state index contributed by atoms with van der Waals surface area (Å²) >= 11 is 0. The molecule has 4 rings (SSSR count). The number of anilines is 2. The minimum Gasteiger partial charge on any atom is -0.385 e. The Kier molecular flexibility index (Phi) is 7.05. The highest BCUT2D eigenvalue weighted by atomic mass is 19.4. The van der Waals surface area contributed by atoms with Gasteiger partial charge in [0.2, 0.25) is 0 Å². The van der Waals surface area contributed by atoms with Crippen LogP contribution in [-0.4, -0.2) is 47.2 Å². The van der Waals surface area contributed by atoms with Gasteiger partial charge < -0.3 is 26.1 Å². The van der Waals surface area contributed by atoms with Crippen LogP contribution >= 0.6 is 0 Å². The SMILES string of the molecule is CNc1c(N)nc2cc(F)c(C(=O)N(CC(C)C)[C@H]3COCc4nc(C(F)(F)F)ccc43)cc2c1C=N. The molecule has 8 nitrogen and oxygen atoms in total. The Bertz CT molecular complexity index is 1380. The molecule has 37 heavy (non-hydrogen) atoms. The maximum absolute atomic E-state index is 15.3. The van der Waals surface area contributed by atoms with Crippen LogP contribution in [0.15, 0.2) is 24.3 Å². The molecule has 0 aliphatic carbocycles. The molecule has 0 radical (unpaired) electrons. The molecule has 1 atom stereocenters. The number of nitrogen functional groups attached to an aromatic ring is 1. The van der Waals surface area contributed by atoms with E-state index in [4.69, 9.17) is 15.9 Å². The molecule has 1 aliphatic rings.